The lowest BCUT2D eigenvalue weighted by Gasteiger charge is -2.15. The third-order valence-electron chi connectivity index (χ3n) is 4.76. The number of aryl methyl sites for hydroxylation is 2. The third-order valence-corrected chi connectivity index (χ3v) is 4.76. The van der Waals surface area contributed by atoms with Crippen molar-refractivity contribution in [1.29, 1.82) is 0 Å². The van der Waals surface area contributed by atoms with Crippen LogP contribution in [0.2, 0.25) is 0 Å². The number of halogens is 1. The lowest BCUT2D eigenvalue weighted by atomic mass is 9.96. The molecular formula is C23H19FN2O. The first-order valence-electron chi connectivity index (χ1n) is 8.72. The van der Waals surface area contributed by atoms with Gasteiger partial charge in [-0.2, -0.15) is 0 Å². The van der Waals surface area contributed by atoms with E-state index in [1.165, 1.54) is 11.8 Å². The van der Waals surface area contributed by atoms with Crippen LogP contribution in [0.1, 0.15) is 11.1 Å². The van der Waals surface area contributed by atoms with E-state index in [9.17, 15) is 4.39 Å². The van der Waals surface area contributed by atoms with Crippen molar-refractivity contribution in [3.63, 3.8) is 0 Å². The highest BCUT2D eigenvalue weighted by Gasteiger charge is 2.16. The van der Waals surface area contributed by atoms with Crippen molar-refractivity contribution in [2.75, 3.05) is 7.11 Å². The van der Waals surface area contributed by atoms with Gasteiger partial charge in [-0.15, -0.1) is 0 Å². The predicted octanol–water partition coefficient (Wildman–Crippen LogP) is 5.73. The van der Waals surface area contributed by atoms with Gasteiger partial charge in [-0.25, -0.2) is 4.39 Å². The van der Waals surface area contributed by atoms with Crippen molar-refractivity contribution in [2.24, 2.45) is 0 Å². The number of ether oxygens (including phenoxy) is 1. The summed E-state index contributed by atoms with van der Waals surface area (Å²) in [6.07, 6.45) is 4.64. The summed E-state index contributed by atoms with van der Waals surface area (Å²) in [6.45, 7) is 4.02. The molecule has 0 radical (unpaired) electrons. The molecule has 0 aliphatic heterocycles. The van der Waals surface area contributed by atoms with Crippen molar-refractivity contribution in [3.8, 4) is 28.0 Å². The van der Waals surface area contributed by atoms with E-state index < -0.39 is 0 Å². The topological polar surface area (TPSA) is 35.0 Å². The van der Waals surface area contributed by atoms with Gasteiger partial charge in [0.2, 0.25) is 0 Å². The number of pyridine rings is 2. The highest BCUT2D eigenvalue weighted by molar-refractivity contribution is 6.00. The number of methoxy groups -OCH3 is 1. The van der Waals surface area contributed by atoms with Crippen LogP contribution in [-0.4, -0.2) is 17.1 Å². The van der Waals surface area contributed by atoms with E-state index in [2.05, 4.69) is 47.2 Å². The maximum atomic E-state index is 14.4. The van der Waals surface area contributed by atoms with Crippen molar-refractivity contribution < 1.29 is 9.13 Å². The number of nitrogens with zero attached hydrogens (tertiary/aromatic N) is 2. The number of hydrogen-bond acceptors (Lipinski definition) is 3. The van der Waals surface area contributed by atoms with Crippen LogP contribution < -0.4 is 4.74 Å². The van der Waals surface area contributed by atoms with E-state index in [0.29, 0.717) is 11.1 Å². The highest BCUT2D eigenvalue weighted by atomic mass is 19.1. The van der Waals surface area contributed by atoms with Gasteiger partial charge in [0.15, 0.2) is 0 Å². The van der Waals surface area contributed by atoms with Crippen molar-refractivity contribution in [1.82, 2.24) is 9.97 Å². The monoisotopic (exact) mass is 358 g/mol. The zero-order valence-corrected chi connectivity index (χ0v) is 15.5. The summed E-state index contributed by atoms with van der Waals surface area (Å²) in [7, 11) is 1.65. The smallest absolute Gasteiger partial charge is 0.149 e. The Hall–Kier alpha value is -3.27. The van der Waals surface area contributed by atoms with Crippen LogP contribution in [-0.2, 0) is 0 Å². The molecule has 27 heavy (non-hydrogen) atoms. The molecule has 2 aromatic heterocycles. The first-order valence-corrected chi connectivity index (χ1v) is 8.72. The summed E-state index contributed by atoms with van der Waals surface area (Å²) in [5.41, 5.74) is 6.13. The summed E-state index contributed by atoms with van der Waals surface area (Å²) in [5, 5.41) is 0.863. The van der Waals surface area contributed by atoms with Gasteiger partial charge in [0.1, 0.15) is 11.6 Å². The Morgan fingerprint density at radius 3 is 2.37 bits per heavy atom. The Balaban J connectivity index is 2.00. The molecule has 0 aliphatic rings. The second kappa shape index (κ2) is 6.80. The minimum Gasteiger partial charge on any atom is -0.496 e. The van der Waals surface area contributed by atoms with Gasteiger partial charge < -0.3 is 4.74 Å². The first kappa shape index (κ1) is 17.2. The van der Waals surface area contributed by atoms with Crippen LogP contribution >= 0.6 is 0 Å². The summed E-state index contributed by atoms with van der Waals surface area (Å²) in [6, 6.07) is 13.9. The molecule has 0 saturated carbocycles. The van der Waals surface area contributed by atoms with E-state index in [-0.39, 0.29) is 5.82 Å². The molecule has 0 atom stereocenters. The fraction of sp³-hybridized carbons (Fsp3) is 0.130. The molecule has 0 spiro atoms. The van der Waals surface area contributed by atoms with E-state index in [4.69, 9.17) is 4.74 Å². The summed E-state index contributed by atoms with van der Waals surface area (Å²) >= 11 is 0. The van der Waals surface area contributed by atoms with Gasteiger partial charge in [0.25, 0.3) is 0 Å². The Morgan fingerprint density at radius 1 is 0.889 bits per heavy atom. The van der Waals surface area contributed by atoms with Gasteiger partial charge in [-0.3, -0.25) is 9.97 Å². The number of hydrogen-bond donors (Lipinski definition) is 0. The van der Waals surface area contributed by atoms with Gasteiger partial charge >= 0.3 is 0 Å². The zero-order valence-electron chi connectivity index (χ0n) is 15.5. The Morgan fingerprint density at radius 2 is 1.67 bits per heavy atom. The molecule has 2 heterocycles. The SMILES string of the molecule is COc1c(C)cc(-c2ccncc2F)c2ncc(-c3ccc(C)cc3)cc12. The number of rotatable bonds is 3. The predicted molar refractivity (Wildman–Crippen MR) is 106 cm³/mol. The van der Waals surface area contributed by atoms with Crippen molar-refractivity contribution in [3.05, 3.63) is 78.0 Å². The maximum absolute atomic E-state index is 14.4. The van der Waals surface area contributed by atoms with Gasteiger partial charge in [-0.1, -0.05) is 29.8 Å². The van der Waals surface area contributed by atoms with Gasteiger partial charge in [0, 0.05) is 34.5 Å². The molecule has 4 heteroatoms. The Labute approximate surface area is 157 Å². The first-order chi connectivity index (χ1) is 13.1. The summed E-state index contributed by atoms with van der Waals surface area (Å²) in [5.74, 6) is 0.387. The quantitative estimate of drug-likeness (QED) is 0.469. The molecule has 3 nitrogen and oxygen atoms in total. The summed E-state index contributed by atoms with van der Waals surface area (Å²) < 4.78 is 20.0. The Kier molecular flexibility index (Phi) is 4.32. The van der Waals surface area contributed by atoms with Crippen LogP contribution in [0, 0.1) is 19.7 Å². The normalized spacial score (nSPS) is 11.0. The molecule has 4 rings (SSSR count). The fourth-order valence-corrected chi connectivity index (χ4v) is 3.39. The summed E-state index contributed by atoms with van der Waals surface area (Å²) in [4.78, 5) is 8.53. The second-order valence-electron chi connectivity index (χ2n) is 6.62. The fourth-order valence-electron chi connectivity index (χ4n) is 3.39. The van der Waals surface area contributed by atoms with Crippen LogP contribution in [0.5, 0.6) is 5.75 Å². The minimum atomic E-state index is -0.368. The largest absolute Gasteiger partial charge is 0.496 e. The molecule has 0 unspecified atom stereocenters. The number of fused-ring (bicyclic) bond motifs is 1. The second-order valence-corrected chi connectivity index (χ2v) is 6.62. The molecule has 0 bridgehead atoms. The van der Waals surface area contributed by atoms with Gasteiger partial charge in [-0.05, 0) is 43.2 Å². The van der Waals surface area contributed by atoms with E-state index in [1.54, 1.807) is 19.4 Å². The molecule has 0 amide bonds. The number of aromatic nitrogens is 2. The van der Waals surface area contributed by atoms with E-state index >= 15 is 0 Å². The average Bonchev–Trinajstić information content (AvgIpc) is 2.68. The highest BCUT2D eigenvalue weighted by Crippen LogP contribution is 2.38. The standard InChI is InChI=1S/C23H19FN2O/c1-14-4-6-16(7-5-14)17-11-20-22(26-12-17)19(10-15(2)23(20)27-3)18-8-9-25-13-21(18)24/h4-13H,1-3H3. The number of benzene rings is 2. The average molecular weight is 358 g/mol. The molecule has 0 aliphatic carbocycles. The van der Waals surface area contributed by atoms with Crippen LogP contribution in [0.4, 0.5) is 4.39 Å². The van der Waals surface area contributed by atoms with Crippen LogP contribution in [0.25, 0.3) is 33.2 Å². The molecule has 134 valence electrons. The van der Waals surface area contributed by atoms with E-state index in [1.807, 2.05) is 19.2 Å². The van der Waals surface area contributed by atoms with Crippen molar-refractivity contribution in [2.45, 2.75) is 13.8 Å². The third kappa shape index (κ3) is 3.04. The van der Waals surface area contributed by atoms with Crippen LogP contribution in [0.15, 0.2) is 61.1 Å². The lowest BCUT2D eigenvalue weighted by Crippen LogP contribution is -1.96. The minimum absolute atomic E-state index is 0.368. The molecule has 0 N–H and O–H groups in total. The molecule has 2 aromatic carbocycles. The van der Waals surface area contributed by atoms with Crippen LogP contribution in [0.3, 0.4) is 0 Å². The van der Waals surface area contributed by atoms with Crippen molar-refractivity contribution >= 4 is 10.9 Å². The molecule has 0 saturated heterocycles. The molecular weight excluding hydrogens is 339 g/mol. The molecule has 0 fully saturated rings. The lowest BCUT2D eigenvalue weighted by molar-refractivity contribution is 0.417. The maximum Gasteiger partial charge on any atom is 0.149 e. The van der Waals surface area contributed by atoms with E-state index in [0.717, 1.165) is 33.4 Å². The van der Waals surface area contributed by atoms with Gasteiger partial charge in [0.05, 0.1) is 18.8 Å². The zero-order chi connectivity index (χ0) is 19.0. The Bertz CT molecular complexity index is 1140. The molecule has 4 aromatic rings.